The molecule has 7 heteroatoms. The number of hydrogen-bond donors (Lipinski definition) is 2. The van der Waals surface area contributed by atoms with Gasteiger partial charge in [-0.15, -0.1) is 0 Å². The molecule has 0 saturated carbocycles. The van der Waals surface area contributed by atoms with E-state index in [0.717, 1.165) is 17.0 Å². The number of benzene rings is 1. The second kappa shape index (κ2) is 8.13. The van der Waals surface area contributed by atoms with E-state index < -0.39 is 0 Å². The number of halogens is 2. The van der Waals surface area contributed by atoms with Crippen LogP contribution >= 0.6 is 23.2 Å². The average Bonchev–Trinajstić information content (AvgIpc) is 2.82. The zero-order valence-corrected chi connectivity index (χ0v) is 14.9. The summed E-state index contributed by atoms with van der Waals surface area (Å²) >= 11 is 12.1. The van der Waals surface area contributed by atoms with Crippen LogP contribution in [0, 0.1) is 0 Å². The van der Waals surface area contributed by atoms with Crippen molar-refractivity contribution in [3.05, 3.63) is 51.8 Å². The van der Waals surface area contributed by atoms with Gasteiger partial charge in [-0.25, -0.2) is 0 Å². The van der Waals surface area contributed by atoms with Crippen LogP contribution in [0.5, 0.6) is 5.75 Å². The minimum atomic E-state index is 0.530. The molecule has 0 radical (unpaired) electrons. The molecule has 23 heavy (non-hydrogen) atoms. The third-order valence-electron chi connectivity index (χ3n) is 3.47. The SMILES string of the molecule is CN=C(NCc1cccc(OC)c1)NCc1cc(Cl)c(Cl)n1C. The summed E-state index contributed by atoms with van der Waals surface area (Å²) in [5.41, 5.74) is 2.08. The van der Waals surface area contributed by atoms with E-state index in [1.807, 2.05) is 41.9 Å². The maximum atomic E-state index is 6.06. The van der Waals surface area contributed by atoms with Gasteiger partial charge in [-0.1, -0.05) is 35.3 Å². The predicted molar refractivity (Wildman–Crippen MR) is 95.5 cm³/mol. The molecule has 0 saturated heterocycles. The highest BCUT2D eigenvalue weighted by atomic mass is 35.5. The molecule has 0 unspecified atom stereocenters. The Balaban J connectivity index is 1.91. The Bertz CT molecular complexity index is 697. The normalized spacial score (nSPS) is 11.4. The lowest BCUT2D eigenvalue weighted by molar-refractivity contribution is 0.414. The van der Waals surface area contributed by atoms with E-state index in [9.17, 15) is 0 Å². The number of ether oxygens (including phenoxy) is 1. The predicted octanol–water partition coefficient (Wildman–Crippen LogP) is 3.21. The molecule has 124 valence electrons. The second-order valence-corrected chi connectivity index (χ2v) is 5.73. The number of aliphatic imine (C=N–C) groups is 1. The molecular formula is C16H20Cl2N4O. The van der Waals surface area contributed by atoms with E-state index in [1.54, 1.807) is 14.2 Å². The third kappa shape index (κ3) is 4.56. The molecule has 0 aliphatic carbocycles. The minimum absolute atomic E-state index is 0.530. The number of hydrogen-bond acceptors (Lipinski definition) is 2. The third-order valence-corrected chi connectivity index (χ3v) is 4.31. The van der Waals surface area contributed by atoms with E-state index in [-0.39, 0.29) is 0 Å². The van der Waals surface area contributed by atoms with Crippen LogP contribution < -0.4 is 15.4 Å². The van der Waals surface area contributed by atoms with Gasteiger partial charge in [0.05, 0.1) is 18.7 Å². The van der Waals surface area contributed by atoms with Crippen molar-refractivity contribution < 1.29 is 4.74 Å². The van der Waals surface area contributed by atoms with Gasteiger partial charge in [0, 0.05) is 26.3 Å². The number of rotatable bonds is 5. The lowest BCUT2D eigenvalue weighted by Crippen LogP contribution is -2.36. The fraction of sp³-hybridized carbons (Fsp3) is 0.312. The number of guanidine groups is 1. The van der Waals surface area contributed by atoms with E-state index >= 15 is 0 Å². The van der Waals surface area contributed by atoms with Gasteiger partial charge in [0.15, 0.2) is 5.96 Å². The van der Waals surface area contributed by atoms with Gasteiger partial charge >= 0.3 is 0 Å². The summed E-state index contributed by atoms with van der Waals surface area (Å²) in [7, 11) is 5.26. The summed E-state index contributed by atoms with van der Waals surface area (Å²) in [6.45, 7) is 1.21. The minimum Gasteiger partial charge on any atom is -0.497 e. The van der Waals surface area contributed by atoms with E-state index in [0.29, 0.717) is 29.2 Å². The standard InChI is InChI=1S/C16H20Cl2N4O/c1-19-16(20-9-11-5-4-6-13(7-11)23-3)21-10-12-8-14(17)15(18)22(12)2/h4-8H,9-10H2,1-3H3,(H2,19,20,21). The lowest BCUT2D eigenvalue weighted by Gasteiger charge is -2.13. The zero-order chi connectivity index (χ0) is 16.8. The van der Waals surface area contributed by atoms with Crippen LogP contribution in [-0.2, 0) is 20.1 Å². The van der Waals surface area contributed by atoms with Crippen LogP contribution in [-0.4, -0.2) is 24.7 Å². The van der Waals surface area contributed by atoms with Crippen molar-refractivity contribution in [1.82, 2.24) is 15.2 Å². The highest BCUT2D eigenvalue weighted by molar-refractivity contribution is 6.41. The number of methoxy groups -OCH3 is 1. The first kappa shape index (κ1) is 17.5. The second-order valence-electron chi connectivity index (χ2n) is 4.96. The van der Waals surface area contributed by atoms with Gasteiger partial charge in [-0.3, -0.25) is 4.99 Å². The summed E-state index contributed by atoms with van der Waals surface area (Å²) in [6, 6.07) is 9.72. The van der Waals surface area contributed by atoms with Gasteiger partial charge in [0.1, 0.15) is 10.9 Å². The van der Waals surface area contributed by atoms with E-state index in [1.165, 1.54) is 0 Å². The molecule has 2 rings (SSSR count). The Morgan fingerprint density at radius 3 is 2.57 bits per heavy atom. The molecule has 1 aromatic carbocycles. The molecule has 1 heterocycles. The first-order valence-electron chi connectivity index (χ1n) is 7.12. The number of nitrogens with zero attached hydrogens (tertiary/aromatic N) is 2. The van der Waals surface area contributed by atoms with Gasteiger partial charge in [0.25, 0.3) is 0 Å². The molecule has 0 aliphatic rings. The van der Waals surface area contributed by atoms with Crippen molar-refractivity contribution in [3.8, 4) is 5.75 Å². The molecule has 1 aromatic heterocycles. The Hall–Kier alpha value is -1.85. The van der Waals surface area contributed by atoms with Gasteiger partial charge in [0.2, 0.25) is 0 Å². The topological polar surface area (TPSA) is 50.6 Å². The van der Waals surface area contributed by atoms with Crippen LogP contribution in [0.3, 0.4) is 0 Å². The summed E-state index contributed by atoms with van der Waals surface area (Å²) in [5, 5.41) is 7.57. The van der Waals surface area contributed by atoms with Crippen molar-refractivity contribution >= 4 is 29.2 Å². The Morgan fingerprint density at radius 1 is 1.22 bits per heavy atom. The molecule has 2 aromatic rings. The average molecular weight is 355 g/mol. The molecule has 0 spiro atoms. The van der Waals surface area contributed by atoms with Crippen LogP contribution in [0.25, 0.3) is 0 Å². The maximum absolute atomic E-state index is 6.06. The Labute approximate surface area is 146 Å². The molecular weight excluding hydrogens is 335 g/mol. The van der Waals surface area contributed by atoms with Crippen molar-refractivity contribution in [2.24, 2.45) is 12.0 Å². The largest absolute Gasteiger partial charge is 0.497 e. The first-order chi connectivity index (χ1) is 11.0. The number of nitrogens with one attached hydrogen (secondary N) is 2. The van der Waals surface area contributed by atoms with E-state index in [2.05, 4.69) is 15.6 Å². The van der Waals surface area contributed by atoms with Crippen LogP contribution in [0.1, 0.15) is 11.3 Å². The monoisotopic (exact) mass is 354 g/mol. The smallest absolute Gasteiger partial charge is 0.191 e. The summed E-state index contributed by atoms with van der Waals surface area (Å²) in [5.74, 6) is 1.53. The van der Waals surface area contributed by atoms with Gasteiger partial charge < -0.3 is 19.9 Å². The van der Waals surface area contributed by atoms with Crippen LogP contribution in [0.15, 0.2) is 35.3 Å². The van der Waals surface area contributed by atoms with E-state index in [4.69, 9.17) is 27.9 Å². The maximum Gasteiger partial charge on any atom is 0.191 e. The molecule has 0 atom stereocenters. The molecule has 5 nitrogen and oxygen atoms in total. The van der Waals surface area contributed by atoms with Crippen molar-refractivity contribution in [1.29, 1.82) is 0 Å². The summed E-state index contributed by atoms with van der Waals surface area (Å²) in [6.07, 6.45) is 0. The quantitative estimate of drug-likeness (QED) is 0.640. The molecule has 0 fully saturated rings. The Morgan fingerprint density at radius 2 is 1.96 bits per heavy atom. The first-order valence-corrected chi connectivity index (χ1v) is 7.87. The van der Waals surface area contributed by atoms with Crippen LogP contribution in [0.4, 0.5) is 0 Å². The number of aromatic nitrogens is 1. The molecule has 0 aliphatic heterocycles. The van der Waals surface area contributed by atoms with Crippen LogP contribution in [0.2, 0.25) is 10.2 Å². The highest BCUT2D eigenvalue weighted by Crippen LogP contribution is 2.24. The molecule has 0 amide bonds. The van der Waals surface area contributed by atoms with Crippen molar-refractivity contribution in [2.75, 3.05) is 14.2 Å². The lowest BCUT2D eigenvalue weighted by atomic mass is 10.2. The van der Waals surface area contributed by atoms with Crippen molar-refractivity contribution in [2.45, 2.75) is 13.1 Å². The fourth-order valence-corrected chi connectivity index (χ4v) is 2.54. The molecule has 2 N–H and O–H groups in total. The Kier molecular flexibility index (Phi) is 6.19. The van der Waals surface area contributed by atoms with Crippen molar-refractivity contribution in [3.63, 3.8) is 0 Å². The molecule has 0 bridgehead atoms. The highest BCUT2D eigenvalue weighted by Gasteiger charge is 2.09. The fourth-order valence-electron chi connectivity index (χ4n) is 2.12. The summed E-state index contributed by atoms with van der Waals surface area (Å²) in [4.78, 5) is 4.21. The van der Waals surface area contributed by atoms with Gasteiger partial charge in [-0.2, -0.15) is 0 Å². The summed E-state index contributed by atoms with van der Waals surface area (Å²) < 4.78 is 7.06. The zero-order valence-electron chi connectivity index (χ0n) is 13.4. The van der Waals surface area contributed by atoms with Gasteiger partial charge in [-0.05, 0) is 23.8 Å².